The highest BCUT2D eigenvalue weighted by atomic mass is 35.5. The summed E-state index contributed by atoms with van der Waals surface area (Å²) < 4.78 is 4.90. The van der Waals surface area contributed by atoms with Crippen LogP contribution in [0.25, 0.3) is 10.9 Å². The zero-order chi connectivity index (χ0) is 13.8. The molecule has 4 nitrogen and oxygen atoms in total. The molecule has 0 aliphatic rings. The van der Waals surface area contributed by atoms with Gasteiger partial charge >= 0.3 is 5.97 Å². The van der Waals surface area contributed by atoms with Gasteiger partial charge < -0.3 is 10.5 Å². The molecule has 2 rings (SSSR count). The third-order valence-electron chi connectivity index (χ3n) is 2.84. The molecule has 0 aliphatic carbocycles. The molecule has 0 spiro atoms. The molecule has 1 aromatic carbocycles. The van der Waals surface area contributed by atoms with E-state index in [1.807, 2.05) is 18.2 Å². The zero-order valence-corrected chi connectivity index (χ0v) is 11.4. The Morgan fingerprint density at radius 1 is 1.47 bits per heavy atom. The van der Waals surface area contributed by atoms with Crippen LogP contribution in [0.4, 0.5) is 0 Å². The number of hydrogen-bond donors (Lipinski definition) is 1. The Bertz CT molecular complexity index is 601. The van der Waals surface area contributed by atoms with Gasteiger partial charge in [-0.3, -0.25) is 9.78 Å². The van der Waals surface area contributed by atoms with Crippen molar-refractivity contribution in [2.75, 3.05) is 6.61 Å². The molecule has 0 fully saturated rings. The van der Waals surface area contributed by atoms with Crippen LogP contribution in [0.1, 0.15) is 24.9 Å². The van der Waals surface area contributed by atoms with Crippen molar-refractivity contribution in [3.8, 4) is 0 Å². The van der Waals surface area contributed by atoms with E-state index in [1.165, 1.54) is 0 Å². The predicted molar refractivity (Wildman–Crippen MR) is 74.9 cm³/mol. The SMILES string of the molecule is CCOC(=O)C[C@@H](N)c1ccc(Cl)c2cccnc12. The summed E-state index contributed by atoms with van der Waals surface area (Å²) >= 11 is 6.12. The number of rotatable bonds is 4. The molecular weight excluding hydrogens is 264 g/mol. The van der Waals surface area contributed by atoms with E-state index in [1.54, 1.807) is 19.2 Å². The van der Waals surface area contributed by atoms with Crippen LogP contribution < -0.4 is 5.73 Å². The Balaban J connectivity index is 2.35. The van der Waals surface area contributed by atoms with E-state index in [0.29, 0.717) is 11.6 Å². The lowest BCUT2D eigenvalue weighted by Crippen LogP contribution is -2.17. The van der Waals surface area contributed by atoms with Gasteiger partial charge in [-0.05, 0) is 30.7 Å². The Morgan fingerprint density at radius 3 is 3.00 bits per heavy atom. The van der Waals surface area contributed by atoms with E-state index in [-0.39, 0.29) is 12.4 Å². The average molecular weight is 279 g/mol. The first-order chi connectivity index (χ1) is 9.13. The van der Waals surface area contributed by atoms with Gasteiger partial charge in [0, 0.05) is 22.6 Å². The maximum Gasteiger partial charge on any atom is 0.307 e. The minimum Gasteiger partial charge on any atom is -0.466 e. The van der Waals surface area contributed by atoms with Gasteiger partial charge in [0.2, 0.25) is 0 Å². The molecule has 0 radical (unpaired) electrons. The Kier molecular flexibility index (Phi) is 4.35. The molecule has 19 heavy (non-hydrogen) atoms. The molecule has 0 amide bonds. The van der Waals surface area contributed by atoms with Gasteiger partial charge in [-0.2, -0.15) is 0 Å². The number of esters is 1. The van der Waals surface area contributed by atoms with Crippen molar-refractivity contribution in [2.24, 2.45) is 5.73 Å². The first kappa shape index (κ1) is 13.8. The molecule has 1 heterocycles. The second kappa shape index (κ2) is 5.99. The largest absolute Gasteiger partial charge is 0.466 e. The van der Waals surface area contributed by atoms with Gasteiger partial charge in [0.05, 0.1) is 18.5 Å². The van der Waals surface area contributed by atoms with Gasteiger partial charge in [-0.15, -0.1) is 0 Å². The molecule has 0 aliphatic heterocycles. The molecule has 2 aromatic rings. The van der Waals surface area contributed by atoms with Crippen molar-refractivity contribution < 1.29 is 9.53 Å². The number of benzene rings is 1. The molecule has 2 N–H and O–H groups in total. The number of aromatic nitrogens is 1. The molecule has 0 saturated heterocycles. The lowest BCUT2D eigenvalue weighted by molar-refractivity contribution is -0.143. The van der Waals surface area contributed by atoms with Crippen LogP contribution in [0.3, 0.4) is 0 Å². The van der Waals surface area contributed by atoms with Crippen molar-refractivity contribution in [3.05, 3.63) is 41.0 Å². The third-order valence-corrected chi connectivity index (χ3v) is 3.17. The number of nitrogens with two attached hydrogens (primary N) is 1. The minimum absolute atomic E-state index is 0.126. The highest BCUT2D eigenvalue weighted by Gasteiger charge is 2.16. The van der Waals surface area contributed by atoms with Crippen molar-refractivity contribution in [2.45, 2.75) is 19.4 Å². The normalized spacial score (nSPS) is 12.4. The third kappa shape index (κ3) is 3.03. The van der Waals surface area contributed by atoms with Gasteiger partial charge in [0.15, 0.2) is 0 Å². The van der Waals surface area contributed by atoms with E-state index in [2.05, 4.69) is 4.98 Å². The predicted octanol–water partition coefficient (Wildman–Crippen LogP) is 2.84. The molecule has 1 atom stereocenters. The van der Waals surface area contributed by atoms with E-state index in [9.17, 15) is 4.79 Å². The van der Waals surface area contributed by atoms with Crippen LogP contribution in [0.2, 0.25) is 5.02 Å². The molecule has 0 bridgehead atoms. The van der Waals surface area contributed by atoms with Gasteiger partial charge in [0.25, 0.3) is 0 Å². The molecule has 0 unspecified atom stereocenters. The summed E-state index contributed by atoms with van der Waals surface area (Å²) in [6, 6.07) is 6.82. The van der Waals surface area contributed by atoms with Crippen molar-refractivity contribution in [1.82, 2.24) is 4.98 Å². The van der Waals surface area contributed by atoms with Crippen LogP contribution in [0, 0.1) is 0 Å². The smallest absolute Gasteiger partial charge is 0.307 e. The Labute approximate surface area is 116 Å². The van der Waals surface area contributed by atoms with E-state index >= 15 is 0 Å². The zero-order valence-electron chi connectivity index (χ0n) is 10.6. The second-order valence-electron chi connectivity index (χ2n) is 4.15. The number of pyridine rings is 1. The Hall–Kier alpha value is -1.65. The van der Waals surface area contributed by atoms with Crippen molar-refractivity contribution >= 4 is 28.5 Å². The highest BCUT2D eigenvalue weighted by molar-refractivity contribution is 6.35. The quantitative estimate of drug-likeness (QED) is 0.874. The fraction of sp³-hybridized carbons (Fsp3) is 0.286. The van der Waals surface area contributed by atoms with Crippen LogP contribution in [0.15, 0.2) is 30.5 Å². The van der Waals surface area contributed by atoms with E-state index in [4.69, 9.17) is 22.1 Å². The number of halogens is 1. The summed E-state index contributed by atoms with van der Waals surface area (Å²) in [6.45, 7) is 2.12. The summed E-state index contributed by atoms with van der Waals surface area (Å²) in [5, 5.41) is 1.45. The van der Waals surface area contributed by atoms with Crippen molar-refractivity contribution in [1.29, 1.82) is 0 Å². The molecule has 1 aromatic heterocycles. The molecule has 5 heteroatoms. The average Bonchev–Trinajstić information content (AvgIpc) is 2.39. The number of hydrogen-bond acceptors (Lipinski definition) is 4. The molecule has 100 valence electrons. The van der Waals surface area contributed by atoms with E-state index in [0.717, 1.165) is 16.5 Å². The topological polar surface area (TPSA) is 65.2 Å². The number of fused-ring (bicyclic) bond motifs is 1. The lowest BCUT2D eigenvalue weighted by atomic mass is 10.0. The standard InChI is InChI=1S/C14H15ClN2O2/c1-2-19-13(18)8-12(16)10-5-6-11(15)9-4-3-7-17-14(9)10/h3-7,12H,2,8,16H2,1H3/t12-/m1/s1. The number of nitrogens with zero attached hydrogens (tertiary/aromatic N) is 1. The summed E-state index contributed by atoms with van der Waals surface area (Å²) in [7, 11) is 0. The monoisotopic (exact) mass is 278 g/mol. The Morgan fingerprint density at radius 2 is 2.26 bits per heavy atom. The second-order valence-corrected chi connectivity index (χ2v) is 4.56. The fourth-order valence-electron chi connectivity index (χ4n) is 1.97. The lowest BCUT2D eigenvalue weighted by Gasteiger charge is -2.14. The summed E-state index contributed by atoms with van der Waals surface area (Å²) in [5.74, 6) is -0.311. The maximum absolute atomic E-state index is 11.5. The molecular formula is C14H15ClN2O2. The van der Waals surface area contributed by atoms with Crippen LogP contribution in [-0.4, -0.2) is 17.6 Å². The van der Waals surface area contributed by atoms with Crippen molar-refractivity contribution in [3.63, 3.8) is 0 Å². The van der Waals surface area contributed by atoms with Crippen LogP contribution >= 0.6 is 11.6 Å². The van der Waals surface area contributed by atoms with Gasteiger partial charge in [0.1, 0.15) is 0 Å². The highest BCUT2D eigenvalue weighted by Crippen LogP contribution is 2.28. The van der Waals surface area contributed by atoms with E-state index < -0.39 is 6.04 Å². The van der Waals surface area contributed by atoms with Crippen LogP contribution in [0.5, 0.6) is 0 Å². The number of ether oxygens (including phenoxy) is 1. The summed E-state index contributed by atoms with van der Waals surface area (Å²) in [6.07, 6.45) is 1.81. The van der Waals surface area contributed by atoms with Crippen LogP contribution in [-0.2, 0) is 9.53 Å². The number of carbonyl (C=O) groups excluding carboxylic acids is 1. The fourth-order valence-corrected chi connectivity index (χ4v) is 2.18. The summed E-state index contributed by atoms with van der Waals surface area (Å²) in [5.41, 5.74) is 7.59. The first-order valence-electron chi connectivity index (χ1n) is 6.07. The minimum atomic E-state index is -0.450. The first-order valence-corrected chi connectivity index (χ1v) is 6.45. The maximum atomic E-state index is 11.5. The number of carbonyl (C=O) groups is 1. The van der Waals surface area contributed by atoms with Gasteiger partial charge in [-0.25, -0.2) is 0 Å². The van der Waals surface area contributed by atoms with Gasteiger partial charge in [-0.1, -0.05) is 17.7 Å². The molecule has 0 saturated carbocycles. The summed E-state index contributed by atoms with van der Waals surface area (Å²) in [4.78, 5) is 15.8.